The number of halogens is 2. The highest BCUT2D eigenvalue weighted by Gasteiger charge is 2.46. The van der Waals surface area contributed by atoms with Crippen molar-refractivity contribution in [3.05, 3.63) is 29.0 Å². The Morgan fingerprint density at radius 3 is 2.36 bits per heavy atom. The molecule has 22 heavy (non-hydrogen) atoms. The zero-order valence-electron chi connectivity index (χ0n) is 11.6. The fourth-order valence-corrected chi connectivity index (χ4v) is 6.73. The Hall–Kier alpha value is -0.700. The molecule has 0 radical (unpaired) electrons. The molecule has 0 N–H and O–H groups in total. The highest BCUT2D eigenvalue weighted by molar-refractivity contribution is 7.92. The second-order valence-corrected chi connectivity index (χ2v) is 10.2. The topological polar surface area (TPSA) is 71.5 Å². The molecule has 1 atom stereocenters. The molecule has 5 nitrogen and oxygen atoms in total. The Kier molecular flexibility index (Phi) is 3.99. The predicted molar refractivity (Wildman–Crippen MR) is 80.5 cm³/mol. The molecule has 9 heteroatoms. The maximum Gasteiger partial charge on any atom is 0.243 e. The quantitative estimate of drug-likeness (QED) is 0.813. The fraction of sp³-hybridized carbons (Fsp3) is 0.538. The molecule has 1 saturated heterocycles. The van der Waals surface area contributed by atoms with Gasteiger partial charge in [-0.15, -0.1) is 0 Å². The predicted octanol–water partition coefficient (Wildman–Crippen LogP) is 1.82. The van der Waals surface area contributed by atoms with E-state index in [4.69, 9.17) is 11.6 Å². The van der Waals surface area contributed by atoms with Gasteiger partial charge in [-0.05, 0) is 37.5 Å². The Labute approximate surface area is 134 Å². The van der Waals surface area contributed by atoms with Crippen LogP contribution in [-0.4, -0.2) is 44.7 Å². The Morgan fingerprint density at radius 2 is 1.86 bits per heavy atom. The van der Waals surface area contributed by atoms with Crippen LogP contribution >= 0.6 is 11.6 Å². The van der Waals surface area contributed by atoms with Gasteiger partial charge in [0.25, 0.3) is 0 Å². The lowest BCUT2D eigenvalue weighted by Gasteiger charge is -2.27. The first-order valence-corrected chi connectivity index (χ1v) is 10.5. The molecule has 1 heterocycles. The number of hydrogen-bond acceptors (Lipinski definition) is 4. The zero-order valence-corrected chi connectivity index (χ0v) is 14.0. The van der Waals surface area contributed by atoms with Crippen LogP contribution in [0.15, 0.2) is 23.1 Å². The number of benzene rings is 1. The summed E-state index contributed by atoms with van der Waals surface area (Å²) in [7, 11) is -7.09. The molecular formula is C13H15ClFNO4S2. The summed E-state index contributed by atoms with van der Waals surface area (Å²) >= 11 is 5.67. The number of sulfone groups is 1. The highest BCUT2D eigenvalue weighted by Crippen LogP contribution is 2.37. The molecule has 122 valence electrons. The molecule has 0 amide bonds. The minimum absolute atomic E-state index is 0.000576. The van der Waals surface area contributed by atoms with Crippen molar-refractivity contribution in [3.8, 4) is 0 Å². The number of rotatable bonds is 4. The van der Waals surface area contributed by atoms with Gasteiger partial charge in [0, 0.05) is 12.1 Å². The van der Waals surface area contributed by atoms with E-state index in [1.807, 2.05) is 0 Å². The molecule has 0 bridgehead atoms. The van der Waals surface area contributed by atoms with E-state index in [1.54, 1.807) is 0 Å². The van der Waals surface area contributed by atoms with Crippen LogP contribution in [0.25, 0.3) is 0 Å². The molecule has 0 aromatic heterocycles. The average Bonchev–Trinajstić information content (AvgIpc) is 3.17. The van der Waals surface area contributed by atoms with E-state index in [2.05, 4.69) is 0 Å². The monoisotopic (exact) mass is 367 g/mol. The second-order valence-electron chi connectivity index (χ2n) is 5.70. The van der Waals surface area contributed by atoms with E-state index in [9.17, 15) is 21.2 Å². The Morgan fingerprint density at radius 1 is 1.18 bits per heavy atom. The van der Waals surface area contributed by atoms with Gasteiger partial charge in [0.15, 0.2) is 9.84 Å². The number of nitrogens with zero attached hydrogens (tertiary/aromatic N) is 1. The van der Waals surface area contributed by atoms with Crippen LogP contribution in [0, 0.1) is 5.82 Å². The van der Waals surface area contributed by atoms with Crippen molar-refractivity contribution in [1.29, 1.82) is 0 Å². The van der Waals surface area contributed by atoms with Crippen LogP contribution in [0.1, 0.15) is 19.3 Å². The van der Waals surface area contributed by atoms with Crippen LogP contribution in [0.5, 0.6) is 0 Å². The van der Waals surface area contributed by atoms with Crippen molar-refractivity contribution in [1.82, 2.24) is 4.31 Å². The molecular weight excluding hydrogens is 353 g/mol. The first-order valence-electron chi connectivity index (χ1n) is 6.90. The van der Waals surface area contributed by atoms with Crippen molar-refractivity contribution in [2.75, 3.05) is 11.5 Å². The third-order valence-electron chi connectivity index (χ3n) is 3.94. The van der Waals surface area contributed by atoms with Crippen LogP contribution in [-0.2, 0) is 19.9 Å². The van der Waals surface area contributed by atoms with E-state index in [-0.39, 0.29) is 27.5 Å². The Balaban J connectivity index is 1.98. The summed E-state index contributed by atoms with van der Waals surface area (Å²) in [6, 6.07) is 2.52. The second kappa shape index (κ2) is 5.43. The minimum atomic E-state index is -3.89. The van der Waals surface area contributed by atoms with E-state index in [0.717, 1.165) is 18.2 Å². The van der Waals surface area contributed by atoms with Gasteiger partial charge in [0.2, 0.25) is 10.0 Å². The zero-order chi connectivity index (χ0) is 16.1. The normalized spacial score (nSPS) is 24.8. The third kappa shape index (κ3) is 3.02. The molecule has 1 aliphatic carbocycles. The van der Waals surface area contributed by atoms with Gasteiger partial charge in [0.1, 0.15) is 5.82 Å². The average molecular weight is 368 g/mol. The first kappa shape index (κ1) is 16.2. The molecule has 2 fully saturated rings. The van der Waals surface area contributed by atoms with Gasteiger partial charge in [-0.1, -0.05) is 11.6 Å². The highest BCUT2D eigenvalue weighted by atomic mass is 35.5. The van der Waals surface area contributed by atoms with Crippen LogP contribution in [0.2, 0.25) is 5.02 Å². The van der Waals surface area contributed by atoms with Gasteiger partial charge in [-0.2, -0.15) is 4.31 Å². The van der Waals surface area contributed by atoms with Crippen LogP contribution in [0.3, 0.4) is 0 Å². The summed E-state index contributed by atoms with van der Waals surface area (Å²) in [5.41, 5.74) is 0. The van der Waals surface area contributed by atoms with Crippen molar-refractivity contribution < 1.29 is 21.2 Å². The largest absolute Gasteiger partial charge is 0.243 e. The Bertz CT molecular complexity index is 805. The van der Waals surface area contributed by atoms with Gasteiger partial charge >= 0.3 is 0 Å². The summed E-state index contributed by atoms with van der Waals surface area (Å²) in [6.45, 7) is 0. The summed E-state index contributed by atoms with van der Waals surface area (Å²) in [6.07, 6.45) is 1.72. The minimum Gasteiger partial charge on any atom is -0.229 e. The summed E-state index contributed by atoms with van der Waals surface area (Å²) in [5, 5.41) is -0.268. The van der Waals surface area contributed by atoms with Gasteiger partial charge in [-0.3, -0.25) is 0 Å². The SMILES string of the molecule is O=S1(=O)CCC(N(C2CC2)S(=O)(=O)c2ccc(F)c(Cl)c2)C1. The van der Waals surface area contributed by atoms with Gasteiger partial charge < -0.3 is 0 Å². The smallest absolute Gasteiger partial charge is 0.229 e. The van der Waals surface area contributed by atoms with E-state index < -0.39 is 31.7 Å². The maximum atomic E-state index is 13.2. The summed E-state index contributed by atoms with van der Waals surface area (Å²) in [4.78, 5) is -0.102. The number of hydrogen-bond donors (Lipinski definition) is 0. The standard InChI is InChI=1S/C13H15ClFNO4S2/c14-12-7-11(3-4-13(12)15)22(19,20)16(9-1-2-9)10-5-6-21(17,18)8-10/h3-4,7,9-10H,1-2,5-6,8H2. The van der Waals surface area contributed by atoms with Crippen LogP contribution < -0.4 is 0 Å². The molecule has 0 spiro atoms. The first-order chi connectivity index (χ1) is 10.2. The molecule has 1 unspecified atom stereocenters. The van der Waals surface area contributed by atoms with E-state index in [0.29, 0.717) is 19.3 Å². The molecule has 1 aliphatic heterocycles. The lowest BCUT2D eigenvalue weighted by Crippen LogP contribution is -2.42. The molecule has 1 aromatic carbocycles. The molecule has 1 saturated carbocycles. The third-order valence-corrected chi connectivity index (χ3v) is 7.98. The van der Waals surface area contributed by atoms with E-state index >= 15 is 0 Å². The van der Waals surface area contributed by atoms with Gasteiger partial charge in [-0.25, -0.2) is 21.2 Å². The molecule has 1 aromatic rings. The van der Waals surface area contributed by atoms with Crippen molar-refractivity contribution in [2.45, 2.75) is 36.2 Å². The van der Waals surface area contributed by atoms with Gasteiger partial charge in [0.05, 0.1) is 21.4 Å². The van der Waals surface area contributed by atoms with Crippen LogP contribution in [0.4, 0.5) is 4.39 Å². The molecule has 2 aliphatic rings. The lowest BCUT2D eigenvalue weighted by molar-refractivity contribution is 0.332. The summed E-state index contributed by atoms with van der Waals surface area (Å²) < 4.78 is 63.5. The van der Waals surface area contributed by atoms with Crippen molar-refractivity contribution >= 4 is 31.5 Å². The summed E-state index contributed by atoms with van der Waals surface area (Å²) in [5.74, 6) is -0.847. The van der Waals surface area contributed by atoms with E-state index in [1.165, 1.54) is 4.31 Å². The molecule has 3 rings (SSSR count). The van der Waals surface area contributed by atoms with Crippen molar-refractivity contribution in [3.63, 3.8) is 0 Å². The van der Waals surface area contributed by atoms with Crippen molar-refractivity contribution in [2.24, 2.45) is 0 Å². The fourth-order valence-electron chi connectivity index (χ4n) is 2.75. The lowest BCUT2D eigenvalue weighted by atomic mass is 10.2. The number of sulfonamides is 1. The maximum absolute atomic E-state index is 13.2.